The number of allylic oxidation sites excluding steroid dienone is 4. The van der Waals surface area contributed by atoms with Gasteiger partial charge in [0.25, 0.3) is 0 Å². The number of carbonyl (C=O) groups is 3. The van der Waals surface area contributed by atoms with E-state index in [1.54, 1.807) is 0 Å². The summed E-state index contributed by atoms with van der Waals surface area (Å²) < 4.78 is 32.6. The summed E-state index contributed by atoms with van der Waals surface area (Å²) in [4.78, 5) is 45.8. The molecule has 0 aromatic rings. The Hall–Kier alpha value is -2.04. The van der Waals surface area contributed by atoms with Crippen LogP contribution in [0.5, 0.6) is 0 Å². The van der Waals surface area contributed by atoms with Crippen molar-refractivity contribution in [1.82, 2.24) is 0 Å². The largest absolute Gasteiger partial charge is 0.480 e. The molecule has 0 heterocycles. The molecule has 0 aliphatic carbocycles. The standard InChI is InChI=1S/C42H78NO10P/c1-3-5-7-9-11-13-15-17-18-19-20-22-23-25-27-29-31-33-40(44)50-35-38(36-51-54(48,49)52-37-39(43)42(46)47)53-41(45)34-32-30-28-26-24-21-16-14-12-10-8-6-4-2/h20,22,25,27,38-39H,3-19,21,23-24,26,28-37,43H2,1-2H3,(H,46,47)(H,48,49)/b22-20+,27-25+/t38-,39+/m1/s1. The quantitative estimate of drug-likeness (QED) is 0.0233. The molecule has 0 saturated carbocycles. The van der Waals surface area contributed by atoms with Crippen molar-refractivity contribution in [3.63, 3.8) is 0 Å². The highest BCUT2D eigenvalue weighted by Crippen LogP contribution is 2.43. The summed E-state index contributed by atoms with van der Waals surface area (Å²) in [7, 11) is -4.72. The van der Waals surface area contributed by atoms with Crippen LogP contribution in [0.3, 0.4) is 0 Å². The van der Waals surface area contributed by atoms with Crippen LogP contribution in [0.1, 0.15) is 194 Å². The molecule has 0 aromatic heterocycles. The lowest BCUT2D eigenvalue weighted by Crippen LogP contribution is -2.34. The van der Waals surface area contributed by atoms with Crippen LogP contribution in [0, 0.1) is 0 Å². The van der Waals surface area contributed by atoms with Crippen LogP contribution in [0.15, 0.2) is 24.3 Å². The lowest BCUT2D eigenvalue weighted by molar-refractivity contribution is -0.161. The predicted molar refractivity (Wildman–Crippen MR) is 217 cm³/mol. The van der Waals surface area contributed by atoms with Crippen molar-refractivity contribution in [2.75, 3.05) is 19.8 Å². The van der Waals surface area contributed by atoms with Crippen LogP contribution in [0.2, 0.25) is 0 Å². The molecule has 0 bridgehead atoms. The summed E-state index contributed by atoms with van der Waals surface area (Å²) in [6, 6.07) is -1.52. The van der Waals surface area contributed by atoms with Crippen LogP contribution < -0.4 is 5.73 Å². The number of phosphoric acid groups is 1. The predicted octanol–water partition coefficient (Wildman–Crippen LogP) is 11.1. The van der Waals surface area contributed by atoms with E-state index in [4.69, 9.17) is 24.8 Å². The third-order valence-corrected chi connectivity index (χ3v) is 10.2. The average Bonchev–Trinajstić information content (AvgIpc) is 3.14. The zero-order valence-corrected chi connectivity index (χ0v) is 35.0. The number of rotatable bonds is 40. The van der Waals surface area contributed by atoms with E-state index in [0.717, 1.165) is 32.1 Å². The first-order chi connectivity index (χ1) is 26.1. The number of esters is 2. The third kappa shape index (κ3) is 36.9. The van der Waals surface area contributed by atoms with Gasteiger partial charge < -0.3 is 25.2 Å². The third-order valence-electron chi connectivity index (χ3n) is 9.20. The van der Waals surface area contributed by atoms with Gasteiger partial charge >= 0.3 is 25.7 Å². The zero-order chi connectivity index (χ0) is 40.0. The summed E-state index contributed by atoms with van der Waals surface area (Å²) in [6.45, 7) is 2.76. The molecule has 0 spiro atoms. The first kappa shape index (κ1) is 52.0. The fourth-order valence-electron chi connectivity index (χ4n) is 5.81. The van der Waals surface area contributed by atoms with E-state index in [1.807, 2.05) is 6.08 Å². The minimum absolute atomic E-state index is 0.156. The van der Waals surface area contributed by atoms with Gasteiger partial charge in [-0.3, -0.25) is 23.4 Å². The van der Waals surface area contributed by atoms with E-state index in [9.17, 15) is 23.8 Å². The van der Waals surface area contributed by atoms with Crippen molar-refractivity contribution in [3.8, 4) is 0 Å². The number of carboxylic acid groups (broad SMARTS) is 1. The monoisotopic (exact) mass is 788 g/mol. The maximum atomic E-state index is 12.6. The molecule has 0 aliphatic rings. The Morgan fingerprint density at radius 2 is 1.00 bits per heavy atom. The van der Waals surface area contributed by atoms with Crippen LogP contribution in [-0.2, 0) is 37.5 Å². The van der Waals surface area contributed by atoms with Gasteiger partial charge in [0, 0.05) is 12.8 Å². The van der Waals surface area contributed by atoms with Gasteiger partial charge in [-0.2, -0.15) is 0 Å². The molecule has 0 rings (SSSR count). The Morgan fingerprint density at radius 3 is 1.50 bits per heavy atom. The number of aliphatic carboxylic acids is 1. The van der Waals surface area contributed by atoms with Gasteiger partial charge in [-0.25, -0.2) is 4.57 Å². The summed E-state index contributed by atoms with van der Waals surface area (Å²) >= 11 is 0. The Morgan fingerprint density at radius 1 is 0.574 bits per heavy atom. The lowest BCUT2D eigenvalue weighted by Gasteiger charge is -2.20. The maximum absolute atomic E-state index is 12.6. The van der Waals surface area contributed by atoms with Crippen molar-refractivity contribution >= 4 is 25.7 Å². The first-order valence-electron chi connectivity index (χ1n) is 21.4. The molecule has 0 amide bonds. The van der Waals surface area contributed by atoms with Gasteiger partial charge in [-0.1, -0.05) is 167 Å². The highest BCUT2D eigenvalue weighted by Gasteiger charge is 2.28. The smallest absolute Gasteiger partial charge is 0.472 e. The van der Waals surface area contributed by atoms with Gasteiger partial charge in [-0.15, -0.1) is 0 Å². The number of ether oxygens (including phenoxy) is 2. The lowest BCUT2D eigenvalue weighted by atomic mass is 10.0. The first-order valence-corrected chi connectivity index (χ1v) is 22.9. The molecule has 54 heavy (non-hydrogen) atoms. The van der Waals surface area contributed by atoms with Crippen molar-refractivity contribution in [3.05, 3.63) is 24.3 Å². The summed E-state index contributed by atoms with van der Waals surface area (Å²) in [5.74, 6) is -2.43. The molecule has 0 aliphatic heterocycles. The van der Waals surface area contributed by atoms with E-state index in [1.165, 1.54) is 116 Å². The minimum Gasteiger partial charge on any atom is -0.480 e. The SMILES string of the molecule is CCCCCCCCCCC/C=C/C/C=C/CCCC(=O)OC[C@H](COP(=O)(O)OC[C@H](N)C(=O)O)OC(=O)CCCCCCCCCCCCCCC. The van der Waals surface area contributed by atoms with E-state index < -0.39 is 51.1 Å². The van der Waals surface area contributed by atoms with Crippen molar-refractivity contribution in [2.24, 2.45) is 5.73 Å². The minimum atomic E-state index is -4.72. The number of hydrogen-bond acceptors (Lipinski definition) is 9. The van der Waals surface area contributed by atoms with Crippen LogP contribution in [0.25, 0.3) is 0 Å². The van der Waals surface area contributed by atoms with Crippen molar-refractivity contribution in [2.45, 2.75) is 206 Å². The number of carboxylic acids is 1. The van der Waals surface area contributed by atoms with E-state index in [0.29, 0.717) is 19.3 Å². The molecule has 1 unspecified atom stereocenters. The number of nitrogens with two attached hydrogens (primary N) is 1. The molecule has 4 N–H and O–H groups in total. The normalized spacial score (nSPS) is 14.0. The number of hydrogen-bond donors (Lipinski definition) is 3. The molecular weight excluding hydrogens is 709 g/mol. The highest BCUT2D eigenvalue weighted by atomic mass is 31.2. The fraction of sp³-hybridized carbons (Fsp3) is 0.833. The molecule has 11 nitrogen and oxygen atoms in total. The Kier molecular flexibility index (Phi) is 36.4. The second kappa shape index (κ2) is 37.9. The van der Waals surface area contributed by atoms with Gasteiger partial charge in [0.2, 0.25) is 0 Å². The summed E-state index contributed by atoms with van der Waals surface area (Å²) in [6.07, 6.45) is 38.2. The molecule has 3 atom stereocenters. The Balaban J connectivity index is 4.41. The number of unbranched alkanes of at least 4 members (excludes halogenated alkanes) is 22. The van der Waals surface area contributed by atoms with Crippen LogP contribution in [-0.4, -0.2) is 59.9 Å². The van der Waals surface area contributed by atoms with Gasteiger partial charge in [0.1, 0.15) is 12.6 Å². The number of phosphoric ester groups is 1. The Bertz CT molecular complexity index is 1020. The molecule has 316 valence electrons. The molecular formula is C42H78NO10P. The van der Waals surface area contributed by atoms with E-state index in [-0.39, 0.29) is 19.4 Å². The highest BCUT2D eigenvalue weighted by molar-refractivity contribution is 7.47. The maximum Gasteiger partial charge on any atom is 0.472 e. The van der Waals surface area contributed by atoms with Crippen molar-refractivity contribution in [1.29, 1.82) is 0 Å². The zero-order valence-electron chi connectivity index (χ0n) is 34.1. The second-order valence-corrected chi connectivity index (χ2v) is 15.9. The van der Waals surface area contributed by atoms with Gasteiger partial charge in [0.05, 0.1) is 13.2 Å². The fourth-order valence-corrected chi connectivity index (χ4v) is 6.59. The van der Waals surface area contributed by atoms with Gasteiger partial charge in [0.15, 0.2) is 6.10 Å². The average molecular weight is 788 g/mol. The van der Waals surface area contributed by atoms with Crippen molar-refractivity contribution < 1.29 is 47.5 Å². The summed E-state index contributed by atoms with van der Waals surface area (Å²) in [5, 5.41) is 8.87. The second-order valence-electron chi connectivity index (χ2n) is 14.5. The molecule has 0 aromatic carbocycles. The molecule has 0 radical (unpaired) electrons. The molecule has 12 heteroatoms. The summed E-state index contributed by atoms with van der Waals surface area (Å²) in [5.41, 5.74) is 5.32. The van der Waals surface area contributed by atoms with Crippen LogP contribution >= 0.6 is 7.82 Å². The molecule has 0 fully saturated rings. The van der Waals surface area contributed by atoms with Crippen LogP contribution in [0.4, 0.5) is 0 Å². The topological polar surface area (TPSA) is 172 Å². The van der Waals surface area contributed by atoms with E-state index in [2.05, 4.69) is 36.6 Å². The van der Waals surface area contributed by atoms with E-state index >= 15 is 0 Å². The number of carbonyl (C=O) groups excluding carboxylic acids is 2. The van der Waals surface area contributed by atoms with Gasteiger partial charge in [-0.05, 0) is 38.5 Å². The molecule has 0 saturated heterocycles. The Labute approximate surface area is 328 Å².